The zero-order valence-corrected chi connectivity index (χ0v) is 13.7. The van der Waals surface area contributed by atoms with Gasteiger partial charge in [-0.1, -0.05) is 34.1 Å². The molecule has 0 aliphatic carbocycles. The lowest BCUT2D eigenvalue weighted by Gasteiger charge is -2.06. The number of benzene rings is 2. The number of hydrogen-bond acceptors (Lipinski definition) is 3. The van der Waals surface area contributed by atoms with Crippen molar-refractivity contribution in [2.75, 3.05) is 6.61 Å². The molecule has 5 heteroatoms. The summed E-state index contributed by atoms with van der Waals surface area (Å²) in [5, 5.41) is 0. The number of aromatic nitrogens is 2. The third-order valence-corrected chi connectivity index (χ3v) is 4.10. The third kappa shape index (κ3) is 3.04. The van der Waals surface area contributed by atoms with Gasteiger partial charge in [-0.05, 0) is 36.8 Å². The Bertz CT molecular complexity index is 793. The number of carbonyl (C=O) groups is 1. The highest BCUT2D eigenvalue weighted by Gasteiger charge is 2.11. The van der Waals surface area contributed by atoms with E-state index in [1.807, 2.05) is 30.3 Å². The number of aromatic amines is 1. The summed E-state index contributed by atoms with van der Waals surface area (Å²) in [6, 6.07) is 13.4. The molecule has 3 rings (SSSR count). The average molecular weight is 359 g/mol. The molecule has 0 saturated carbocycles. The molecule has 0 fully saturated rings. The molecule has 4 nitrogen and oxygen atoms in total. The topological polar surface area (TPSA) is 55.0 Å². The van der Waals surface area contributed by atoms with E-state index in [2.05, 4.69) is 25.9 Å². The van der Waals surface area contributed by atoms with Crippen molar-refractivity contribution in [2.45, 2.75) is 13.3 Å². The summed E-state index contributed by atoms with van der Waals surface area (Å²) in [4.78, 5) is 19.6. The number of ether oxygens (including phenoxy) is 1. The molecule has 0 atom stereocenters. The number of esters is 1. The first-order valence-electron chi connectivity index (χ1n) is 7.06. The first kappa shape index (κ1) is 14.8. The lowest BCUT2D eigenvalue weighted by atomic mass is 10.1. The number of nitrogens with zero attached hydrogens (tertiary/aromatic N) is 1. The molecule has 112 valence electrons. The predicted octanol–water partition coefficient (Wildman–Crippen LogP) is 4.09. The second-order valence-electron chi connectivity index (χ2n) is 4.90. The average Bonchev–Trinajstić information content (AvgIpc) is 2.92. The number of rotatable bonds is 4. The molecular formula is C17H15BrN2O2. The smallest absolute Gasteiger partial charge is 0.338 e. The maximum atomic E-state index is 11.7. The Kier molecular flexibility index (Phi) is 4.24. The number of carbonyl (C=O) groups excluding carboxylic acids is 1. The molecule has 22 heavy (non-hydrogen) atoms. The molecule has 2 aromatic carbocycles. The Balaban J connectivity index is 1.84. The molecule has 3 aromatic rings. The van der Waals surface area contributed by atoms with E-state index in [1.54, 1.807) is 19.1 Å². The second kappa shape index (κ2) is 6.32. The number of H-pyrrole nitrogens is 1. The zero-order valence-electron chi connectivity index (χ0n) is 12.1. The van der Waals surface area contributed by atoms with Crippen LogP contribution in [0.15, 0.2) is 46.9 Å². The van der Waals surface area contributed by atoms with E-state index in [9.17, 15) is 4.79 Å². The van der Waals surface area contributed by atoms with Gasteiger partial charge in [0.15, 0.2) is 0 Å². The fourth-order valence-corrected chi connectivity index (χ4v) is 2.82. The highest BCUT2D eigenvalue weighted by molar-refractivity contribution is 9.10. The quantitative estimate of drug-likeness (QED) is 0.714. The van der Waals surface area contributed by atoms with Crippen LogP contribution in [0.4, 0.5) is 0 Å². The number of para-hydroxylation sites is 2. The van der Waals surface area contributed by atoms with E-state index in [4.69, 9.17) is 4.74 Å². The first-order chi connectivity index (χ1) is 10.7. The van der Waals surface area contributed by atoms with Crippen molar-refractivity contribution < 1.29 is 9.53 Å². The van der Waals surface area contributed by atoms with Gasteiger partial charge in [0.1, 0.15) is 5.82 Å². The number of nitrogens with one attached hydrogen (secondary N) is 1. The molecule has 1 N–H and O–H groups in total. The van der Waals surface area contributed by atoms with Crippen LogP contribution in [0.25, 0.3) is 11.0 Å². The zero-order chi connectivity index (χ0) is 15.5. The fourth-order valence-electron chi connectivity index (χ4n) is 2.30. The van der Waals surface area contributed by atoms with Gasteiger partial charge in [-0.25, -0.2) is 9.78 Å². The van der Waals surface area contributed by atoms with Crippen LogP contribution in [0.5, 0.6) is 0 Å². The van der Waals surface area contributed by atoms with Crippen molar-refractivity contribution >= 4 is 32.9 Å². The number of imidazole rings is 1. The fraction of sp³-hybridized carbons (Fsp3) is 0.176. The summed E-state index contributed by atoms with van der Waals surface area (Å²) < 4.78 is 5.88. The van der Waals surface area contributed by atoms with Gasteiger partial charge in [-0.3, -0.25) is 0 Å². The van der Waals surface area contributed by atoms with Crippen LogP contribution >= 0.6 is 15.9 Å². The minimum absolute atomic E-state index is 0.307. The van der Waals surface area contributed by atoms with E-state index >= 15 is 0 Å². The molecule has 0 spiro atoms. The van der Waals surface area contributed by atoms with Crippen molar-refractivity contribution in [2.24, 2.45) is 0 Å². The normalized spacial score (nSPS) is 10.8. The number of fused-ring (bicyclic) bond motifs is 1. The Labute approximate surface area is 136 Å². The maximum Gasteiger partial charge on any atom is 0.338 e. The summed E-state index contributed by atoms with van der Waals surface area (Å²) in [6.45, 7) is 2.17. The molecule has 0 amide bonds. The van der Waals surface area contributed by atoms with Crippen LogP contribution < -0.4 is 0 Å². The van der Waals surface area contributed by atoms with Gasteiger partial charge in [-0.15, -0.1) is 0 Å². The maximum absolute atomic E-state index is 11.7. The van der Waals surface area contributed by atoms with Crippen molar-refractivity contribution in [1.29, 1.82) is 0 Å². The minimum Gasteiger partial charge on any atom is -0.462 e. The second-order valence-corrected chi connectivity index (χ2v) is 5.76. The van der Waals surface area contributed by atoms with E-state index in [0.717, 1.165) is 26.9 Å². The van der Waals surface area contributed by atoms with Crippen LogP contribution in [0.2, 0.25) is 0 Å². The molecule has 0 radical (unpaired) electrons. The summed E-state index contributed by atoms with van der Waals surface area (Å²) in [5.41, 5.74) is 3.59. The molecule has 1 heterocycles. The van der Waals surface area contributed by atoms with Gasteiger partial charge in [0.05, 0.1) is 23.2 Å². The van der Waals surface area contributed by atoms with Gasteiger partial charge >= 0.3 is 5.97 Å². The lowest BCUT2D eigenvalue weighted by molar-refractivity contribution is 0.0526. The molecule has 0 bridgehead atoms. The van der Waals surface area contributed by atoms with E-state index < -0.39 is 0 Å². The summed E-state index contributed by atoms with van der Waals surface area (Å²) >= 11 is 3.52. The van der Waals surface area contributed by atoms with Crippen molar-refractivity contribution in [3.63, 3.8) is 0 Å². The summed E-state index contributed by atoms with van der Waals surface area (Å²) in [7, 11) is 0. The number of halogens is 1. The predicted molar refractivity (Wildman–Crippen MR) is 89.0 cm³/mol. The van der Waals surface area contributed by atoms with Crippen LogP contribution in [0.1, 0.15) is 28.7 Å². The van der Waals surface area contributed by atoms with Crippen molar-refractivity contribution in [3.8, 4) is 0 Å². The lowest BCUT2D eigenvalue weighted by Crippen LogP contribution is -2.05. The van der Waals surface area contributed by atoms with Crippen LogP contribution in [-0.4, -0.2) is 22.5 Å². The third-order valence-electron chi connectivity index (χ3n) is 3.36. The van der Waals surface area contributed by atoms with Crippen LogP contribution in [-0.2, 0) is 11.2 Å². The molecule has 0 aliphatic rings. The molecule has 0 unspecified atom stereocenters. The van der Waals surface area contributed by atoms with E-state index in [0.29, 0.717) is 18.6 Å². The standard InChI is InChI=1S/C17H15BrN2O2/c1-2-22-17(21)12-8-7-11(13(18)9-12)10-16-19-14-5-3-4-6-15(14)20-16/h3-9H,2,10H2,1H3,(H,19,20). The van der Waals surface area contributed by atoms with Gasteiger partial charge in [0.2, 0.25) is 0 Å². The number of hydrogen-bond donors (Lipinski definition) is 1. The molecule has 1 aromatic heterocycles. The molecule has 0 aliphatic heterocycles. The Morgan fingerprint density at radius 3 is 2.82 bits per heavy atom. The van der Waals surface area contributed by atoms with Gasteiger partial charge in [0, 0.05) is 10.9 Å². The van der Waals surface area contributed by atoms with Crippen molar-refractivity contribution in [3.05, 3.63) is 63.9 Å². The Morgan fingerprint density at radius 1 is 1.27 bits per heavy atom. The Hall–Kier alpha value is -2.14. The van der Waals surface area contributed by atoms with E-state index in [1.165, 1.54) is 0 Å². The van der Waals surface area contributed by atoms with Gasteiger partial charge < -0.3 is 9.72 Å². The van der Waals surface area contributed by atoms with E-state index in [-0.39, 0.29) is 5.97 Å². The highest BCUT2D eigenvalue weighted by Crippen LogP contribution is 2.22. The monoisotopic (exact) mass is 358 g/mol. The minimum atomic E-state index is -0.307. The van der Waals surface area contributed by atoms with Crippen molar-refractivity contribution in [1.82, 2.24) is 9.97 Å². The van der Waals surface area contributed by atoms with Crippen LogP contribution in [0.3, 0.4) is 0 Å². The highest BCUT2D eigenvalue weighted by atomic mass is 79.9. The molecule has 0 saturated heterocycles. The largest absolute Gasteiger partial charge is 0.462 e. The molecular weight excluding hydrogens is 344 g/mol. The van der Waals surface area contributed by atoms with Gasteiger partial charge in [0.25, 0.3) is 0 Å². The van der Waals surface area contributed by atoms with Crippen LogP contribution in [0, 0.1) is 0 Å². The Morgan fingerprint density at radius 2 is 2.09 bits per heavy atom. The summed E-state index contributed by atoms with van der Waals surface area (Å²) in [6.07, 6.45) is 0.665. The van der Waals surface area contributed by atoms with Gasteiger partial charge in [-0.2, -0.15) is 0 Å². The SMILES string of the molecule is CCOC(=O)c1ccc(Cc2nc3ccccc3[nH]2)c(Br)c1. The first-order valence-corrected chi connectivity index (χ1v) is 7.86. The summed E-state index contributed by atoms with van der Waals surface area (Å²) in [5.74, 6) is 0.587.